The van der Waals surface area contributed by atoms with Gasteiger partial charge in [0.2, 0.25) is 5.91 Å². The van der Waals surface area contributed by atoms with E-state index in [1.807, 2.05) is 36.1 Å². The van der Waals surface area contributed by atoms with Gasteiger partial charge in [-0.05, 0) is 38.5 Å². The van der Waals surface area contributed by atoms with Gasteiger partial charge < -0.3 is 4.90 Å². The lowest BCUT2D eigenvalue weighted by molar-refractivity contribution is -0.165. The second-order valence-corrected chi connectivity index (χ2v) is 6.10. The van der Waals surface area contributed by atoms with E-state index in [0.29, 0.717) is 0 Å². The molecule has 0 saturated carbocycles. The number of halogens is 1. The smallest absolute Gasteiger partial charge is 0.228 e. The first kappa shape index (κ1) is 12.4. The fourth-order valence-electron chi connectivity index (χ4n) is 2.48. The lowest BCUT2D eigenvalue weighted by Gasteiger charge is -2.53. The van der Waals surface area contributed by atoms with Crippen LogP contribution in [0.1, 0.15) is 39.3 Å². The highest BCUT2D eigenvalue weighted by Gasteiger charge is 2.49. The summed E-state index contributed by atoms with van der Waals surface area (Å²) in [5, 5.41) is 0.731. The van der Waals surface area contributed by atoms with Crippen LogP contribution < -0.4 is 0 Å². The van der Waals surface area contributed by atoms with Crippen LogP contribution >= 0.6 is 11.6 Å². The molecule has 0 aliphatic carbocycles. The summed E-state index contributed by atoms with van der Waals surface area (Å²) in [4.78, 5) is 13.9. The Labute approximate surface area is 108 Å². The minimum atomic E-state index is -0.131. The monoisotopic (exact) mass is 251 g/mol. The third-order valence-electron chi connectivity index (χ3n) is 3.31. The van der Waals surface area contributed by atoms with Crippen LogP contribution in [0.5, 0.6) is 0 Å². The lowest BCUT2D eigenvalue weighted by atomic mass is 9.80. The highest BCUT2D eigenvalue weighted by Crippen LogP contribution is 2.44. The summed E-state index contributed by atoms with van der Waals surface area (Å²) in [6, 6.07) is 7.96. The molecule has 1 fully saturated rings. The summed E-state index contributed by atoms with van der Waals surface area (Å²) >= 11 is 5.89. The van der Waals surface area contributed by atoms with E-state index in [1.54, 1.807) is 0 Å². The number of carbonyl (C=O) groups excluding carboxylic acids is 1. The molecule has 92 valence electrons. The van der Waals surface area contributed by atoms with E-state index < -0.39 is 0 Å². The van der Waals surface area contributed by atoms with Crippen LogP contribution in [0.25, 0.3) is 0 Å². The van der Waals surface area contributed by atoms with Crippen molar-refractivity contribution in [1.82, 2.24) is 4.90 Å². The van der Waals surface area contributed by atoms with Gasteiger partial charge in [-0.2, -0.15) is 0 Å². The number of hydrogen-bond donors (Lipinski definition) is 0. The Kier molecular flexibility index (Phi) is 2.94. The first-order chi connectivity index (χ1) is 7.82. The summed E-state index contributed by atoms with van der Waals surface area (Å²) in [6.07, 6.45) is 0. The standard InChI is InChI=1S/C14H18ClNO/c1-9-12(10-5-7-11(15)8-6-10)16(13(9)17)14(2,3)4/h5-9,12H,1-4H3/t9-,12-/m0/s1. The molecule has 3 heteroatoms. The zero-order valence-corrected chi connectivity index (χ0v) is 11.5. The predicted octanol–water partition coefficient (Wildman–Crippen LogP) is 3.66. The molecule has 2 nitrogen and oxygen atoms in total. The van der Waals surface area contributed by atoms with Crippen LogP contribution in [-0.4, -0.2) is 16.3 Å². The van der Waals surface area contributed by atoms with Gasteiger partial charge in [0.25, 0.3) is 0 Å². The largest absolute Gasteiger partial charge is 0.330 e. The topological polar surface area (TPSA) is 20.3 Å². The Morgan fingerprint density at radius 1 is 1.18 bits per heavy atom. The maximum Gasteiger partial charge on any atom is 0.228 e. The molecule has 1 aliphatic heterocycles. The van der Waals surface area contributed by atoms with Crippen molar-refractivity contribution in [3.05, 3.63) is 34.9 Å². The van der Waals surface area contributed by atoms with Gasteiger partial charge in [0.05, 0.1) is 12.0 Å². The fraction of sp³-hybridized carbons (Fsp3) is 0.500. The zero-order valence-electron chi connectivity index (χ0n) is 10.7. The van der Waals surface area contributed by atoms with Crippen molar-refractivity contribution in [1.29, 1.82) is 0 Å². The molecule has 2 atom stereocenters. The van der Waals surface area contributed by atoms with Crippen molar-refractivity contribution in [2.45, 2.75) is 39.3 Å². The van der Waals surface area contributed by atoms with Crippen LogP contribution in [0.2, 0.25) is 5.02 Å². The summed E-state index contributed by atoms with van der Waals surface area (Å²) in [6.45, 7) is 8.20. The maximum absolute atomic E-state index is 12.0. The maximum atomic E-state index is 12.0. The molecule has 0 spiro atoms. The Balaban J connectivity index is 2.31. The molecule has 0 unspecified atom stereocenters. The van der Waals surface area contributed by atoms with Gasteiger partial charge in [-0.25, -0.2) is 0 Å². The normalized spacial score (nSPS) is 24.8. The van der Waals surface area contributed by atoms with Gasteiger partial charge in [-0.3, -0.25) is 4.79 Å². The number of β-lactam (4-membered cyclic amide) rings is 1. The van der Waals surface area contributed by atoms with E-state index in [-0.39, 0.29) is 23.4 Å². The summed E-state index contributed by atoms with van der Waals surface area (Å²) in [7, 11) is 0. The van der Waals surface area contributed by atoms with Crippen molar-refractivity contribution in [2.75, 3.05) is 0 Å². The molecule has 0 N–H and O–H groups in total. The molecular weight excluding hydrogens is 234 g/mol. The summed E-state index contributed by atoms with van der Waals surface area (Å²) in [5.74, 6) is 0.299. The number of hydrogen-bond acceptors (Lipinski definition) is 1. The van der Waals surface area contributed by atoms with Crippen LogP contribution in [0.15, 0.2) is 24.3 Å². The molecule has 2 rings (SSSR count). The Hall–Kier alpha value is -1.02. The minimum Gasteiger partial charge on any atom is -0.330 e. The highest BCUT2D eigenvalue weighted by molar-refractivity contribution is 6.30. The molecule has 1 aromatic rings. The third-order valence-corrected chi connectivity index (χ3v) is 3.56. The average molecular weight is 252 g/mol. The molecule has 0 radical (unpaired) electrons. The van der Waals surface area contributed by atoms with E-state index in [0.717, 1.165) is 10.6 Å². The first-order valence-corrected chi connectivity index (χ1v) is 6.29. The van der Waals surface area contributed by atoms with E-state index in [2.05, 4.69) is 20.8 Å². The molecule has 0 aromatic heterocycles. The molecule has 0 bridgehead atoms. The van der Waals surface area contributed by atoms with E-state index in [9.17, 15) is 4.79 Å². The number of amides is 1. The van der Waals surface area contributed by atoms with Crippen LogP contribution in [-0.2, 0) is 4.79 Å². The quantitative estimate of drug-likeness (QED) is 0.698. The molecule has 17 heavy (non-hydrogen) atoms. The van der Waals surface area contributed by atoms with Crippen molar-refractivity contribution >= 4 is 17.5 Å². The first-order valence-electron chi connectivity index (χ1n) is 5.91. The zero-order chi connectivity index (χ0) is 12.8. The van der Waals surface area contributed by atoms with E-state index in [4.69, 9.17) is 11.6 Å². The molecule has 1 aromatic carbocycles. The van der Waals surface area contributed by atoms with Crippen LogP contribution in [0.3, 0.4) is 0 Å². The molecule has 1 saturated heterocycles. The summed E-state index contributed by atoms with van der Waals surface area (Å²) < 4.78 is 0. The van der Waals surface area contributed by atoms with Gasteiger partial charge in [0, 0.05) is 10.6 Å². The van der Waals surface area contributed by atoms with Crippen molar-refractivity contribution in [2.24, 2.45) is 5.92 Å². The second kappa shape index (κ2) is 4.02. The lowest BCUT2D eigenvalue weighted by Crippen LogP contribution is -2.61. The van der Waals surface area contributed by atoms with Gasteiger partial charge in [-0.15, -0.1) is 0 Å². The predicted molar refractivity (Wildman–Crippen MR) is 70.0 cm³/mol. The van der Waals surface area contributed by atoms with Crippen molar-refractivity contribution < 1.29 is 4.79 Å². The van der Waals surface area contributed by atoms with Gasteiger partial charge in [-0.1, -0.05) is 30.7 Å². The highest BCUT2D eigenvalue weighted by atomic mass is 35.5. The Morgan fingerprint density at radius 2 is 1.71 bits per heavy atom. The molecule has 1 amide bonds. The van der Waals surface area contributed by atoms with Gasteiger partial charge in [0.15, 0.2) is 0 Å². The molecular formula is C14H18ClNO. The van der Waals surface area contributed by atoms with Crippen molar-refractivity contribution in [3.8, 4) is 0 Å². The van der Waals surface area contributed by atoms with Crippen LogP contribution in [0, 0.1) is 5.92 Å². The second-order valence-electron chi connectivity index (χ2n) is 5.66. The number of rotatable bonds is 1. The van der Waals surface area contributed by atoms with E-state index >= 15 is 0 Å². The van der Waals surface area contributed by atoms with Gasteiger partial charge in [0.1, 0.15) is 0 Å². The Bertz CT molecular complexity index is 433. The molecule has 1 aliphatic rings. The number of carbonyl (C=O) groups is 1. The number of nitrogens with zero attached hydrogens (tertiary/aromatic N) is 1. The number of likely N-dealkylation sites (tertiary alicyclic amines) is 1. The van der Waals surface area contributed by atoms with E-state index in [1.165, 1.54) is 0 Å². The SMILES string of the molecule is C[C@@H]1C(=O)N(C(C)(C)C)[C@@H]1c1ccc(Cl)cc1. The minimum absolute atomic E-state index is 0.0652. The number of benzene rings is 1. The van der Waals surface area contributed by atoms with Gasteiger partial charge >= 0.3 is 0 Å². The average Bonchev–Trinajstić information content (AvgIpc) is 2.24. The third kappa shape index (κ3) is 2.06. The fourth-order valence-corrected chi connectivity index (χ4v) is 2.60. The summed E-state index contributed by atoms with van der Waals surface area (Å²) in [5.41, 5.74) is 1.03. The Morgan fingerprint density at radius 3 is 2.18 bits per heavy atom. The van der Waals surface area contributed by atoms with Crippen LogP contribution in [0.4, 0.5) is 0 Å². The molecule has 1 heterocycles. The van der Waals surface area contributed by atoms with Crippen molar-refractivity contribution in [3.63, 3.8) is 0 Å².